The Hall–Kier alpha value is -2.94. The largest absolute Gasteiger partial charge is 0.468 e. The molecule has 1 aromatic carbocycles. The standard InChI is InChI=1S/C21H22N2O6S/c24-19(9-12-23-20(25)17-5-1-2-6-18(17)21(23)26)22-10-7-16(8-11-22)30(27,28)14-15-4-3-13-29-15/h1-6,13,16H,7-12,14H2. The van der Waals surface area contributed by atoms with Crippen molar-refractivity contribution in [1.29, 1.82) is 0 Å². The minimum Gasteiger partial charge on any atom is -0.468 e. The zero-order chi connectivity index (χ0) is 21.3. The van der Waals surface area contributed by atoms with Crippen LogP contribution in [0.4, 0.5) is 0 Å². The van der Waals surface area contributed by atoms with Crippen molar-refractivity contribution in [3.8, 4) is 0 Å². The van der Waals surface area contributed by atoms with Crippen LogP contribution in [-0.2, 0) is 20.4 Å². The van der Waals surface area contributed by atoms with Gasteiger partial charge in [-0.15, -0.1) is 0 Å². The zero-order valence-electron chi connectivity index (χ0n) is 16.3. The second-order valence-corrected chi connectivity index (χ2v) is 9.81. The fourth-order valence-corrected chi connectivity index (χ4v) is 5.71. The average Bonchev–Trinajstić information content (AvgIpc) is 3.33. The van der Waals surface area contributed by atoms with Gasteiger partial charge in [0.25, 0.3) is 11.8 Å². The number of benzene rings is 1. The van der Waals surface area contributed by atoms with Gasteiger partial charge in [0, 0.05) is 26.1 Å². The molecule has 9 heteroatoms. The van der Waals surface area contributed by atoms with Crippen molar-refractivity contribution >= 4 is 27.6 Å². The second kappa shape index (κ2) is 8.06. The molecule has 2 aliphatic heterocycles. The highest BCUT2D eigenvalue weighted by molar-refractivity contribution is 7.91. The summed E-state index contributed by atoms with van der Waals surface area (Å²) in [6.07, 6.45) is 2.19. The smallest absolute Gasteiger partial charge is 0.261 e. The SMILES string of the molecule is O=C(CCN1C(=O)c2ccccc2C1=O)N1CCC(S(=O)(=O)Cc2ccco2)CC1. The van der Waals surface area contributed by atoms with Crippen LogP contribution >= 0.6 is 0 Å². The number of hydrogen-bond acceptors (Lipinski definition) is 6. The van der Waals surface area contributed by atoms with Gasteiger partial charge in [-0.05, 0) is 37.1 Å². The predicted molar refractivity (Wildman–Crippen MR) is 107 cm³/mol. The number of nitrogens with zero attached hydrogens (tertiary/aromatic N) is 2. The quantitative estimate of drug-likeness (QED) is 0.648. The number of carbonyl (C=O) groups excluding carboxylic acids is 3. The van der Waals surface area contributed by atoms with Crippen molar-refractivity contribution in [2.24, 2.45) is 0 Å². The number of rotatable bonds is 6. The normalized spacial score (nSPS) is 17.5. The molecule has 3 heterocycles. The first kappa shape index (κ1) is 20.3. The summed E-state index contributed by atoms with van der Waals surface area (Å²) in [5, 5.41) is -0.511. The molecule has 0 N–H and O–H groups in total. The van der Waals surface area contributed by atoms with Gasteiger partial charge >= 0.3 is 0 Å². The van der Waals surface area contributed by atoms with E-state index in [0.29, 0.717) is 42.8 Å². The molecule has 0 unspecified atom stereocenters. The maximum Gasteiger partial charge on any atom is 0.261 e. The molecule has 4 rings (SSSR count). The van der Waals surface area contributed by atoms with Crippen LogP contribution in [0, 0.1) is 0 Å². The molecule has 0 radical (unpaired) electrons. The zero-order valence-corrected chi connectivity index (χ0v) is 17.1. The van der Waals surface area contributed by atoms with Crippen LogP contribution < -0.4 is 0 Å². The highest BCUT2D eigenvalue weighted by atomic mass is 32.2. The third kappa shape index (κ3) is 3.89. The monoisotopic (exact) mass is 430 g/mol. The number of imide groups is 1. The Morgan fingerprint density at radius 1 is 1.00 bits per heavy atom. The lowest BCUT2D eigenvalue weighted by Crippen LogP contribution is -2.44. The van der Waals surface area contributed by atoms with Gasteiger partial charge in [0.2, 0.25) is 5.91 Å². The third-order valence-corrected chi connectivity index (χ3v) is 7.83. The number of carbonyl (C=O) groups is 3. The summed E-state index contributed by atoms with van der Waals surface area (Å²) in [4.78, 5) is 40.0. The van der Waals surface area contributed by atoms with Crippen LogP contribution in [0.15, 0.2) is 47.1 Å². The van der Waals surface area contributed by atoms with Crippen LogP contribution in [0.2, 0.25) is 0 Å². The van der Waals surface area contributed by atoms with Crippen LogP contribution in [0.5, 0.6) is 0 Å². The second-order valence-electron chi connectivity index (χ2n) is 7.52. The summed E-state index contributed by atoms with van der Waals surface area (Å²) in [5.41, 5.74) is 0.718. The fraction of sp³-hybridized carbons (Fsp3) is 0.381. The van der Waals surface area contributed by atoms with Gasteiger partial charge < -0.3 is 9.32 Å². The molecule has 1 fully saturated rings. The molecule has 158 valence electrons. The Kier molecular flexibility index (Phi) is 5.46. The lowest BCUT2D eigenvalue weighted by Gasteiger charge is -2.32. The van der Waals surface area contributed by atoms with Crippen molar-refractivity contribution in [3.63, 3.8) is 0 Å². The molecule has 8 nitrogen and oxygen atoms in total. The van der Waals surface area contributed by atoms with E-state index in [0.717, 1.165) is 4.90 Å². The van der Waals surface area contributed by atoms with Gasteiger partial charge in [-0.2, -0.15) is 0 Å². The molecule has 2 aromatic rings. The lowest BCUT2D eigenvalue weighted by atomic mass is 10.1. The third-order valence-electron chi connectivity index (χ3n) is 5.65. The van der Waals surface area contributed by atoms with E-state index in [1.54, 1.807) is 41.3 Å². The van der Waals surface area contributed by atoms with Gasteiger partial charge in [-0.25, -0.2) is 8.42 Å². The molecule has 1 saturated heterocycles. The molecule has 2 aliphatic rings. The van der Waals surface area contributed by atoms with Crippen molar-refractivity contribution in [2.45, 2.75) is 30.3 Å². The molecular weight excluding hydrogens is 408 g/mol. The Labute approximate surface area is 174 Å². The number of hydrogen-bond donors (Lipinski definition) is 0. The van der Waals surface area contributed by atoms with E-state index in [4.69, 9.17) is 4.42 Å². The van der Waals surface area contributed by atoms with Gasteiger partial charge in [-0.1, -0.05) is 12.1 Å². The summed E-state index contributed by atoms with van der Waals surface area (Å²) in [7, 11) is -3.36. The summed E-state index contributed by atoms with van der Waals surface area (Å²) in [6, 6.07) is 9.89. The van der Waals surface area contributed by atoms with Gasteiger partial charge in [-0.3, -0.25) is 19.3 Å². The first-order chi connectivity index (χ1) is 14.4. The molecule has 3 amide bonds. The molecular formula is C21H22N2O6S. The number of furan rings is 1. The molecule has 0 saturated carbocycles. The minimum atomic E-state index is -3.36. The molecule has 0 atom stereocenters. The predicted octanol–water partition coefficient (Wildman–Crippen LogP) is 1.87. The number of fused-ring (bicyclic) bond motifs is 1. The van der Waals surface area contributed by atoms with E-state index in [2.05, 4.69) is 0 Å². The summed E-state index contributed by atoms with van der Waals surface area (Å²) < 4.78 is 30.3. The molecule has 0 aliphatic carbocycles. The van der Waals surface area contributed by atoms with E-state index in [1.165, 1.54) is 6.26 Å². The first-order valence-corrected chi connectivity index (χ1v) is 11.6. The van der Waals surface area contributed by atoms with Crippen LogP contribution in [-0.4, -0.2) is 60.8 Å². The van der Waals surface area contributed by atoms with Gasteiger partial charge in [0.1, 0.15) is 11.5 Å². The van der Waals surface area contributed by atoms with Gasteiger partial charge in [0.15, 0.2) is 9.84 Å². The Bertz CT molecular complexity index is 1030. The van der Waals surface area contributed by atoms with Crippen molar-refractivity contribution in [1.82, 2.24) is 9.80 Å². The van der Waals surface area contributed by atoms with Crippen LogP contribution in [0.25, 0.3) is 0 Å². The summed E-state index contributed by atoms with van der Waals surface area (Å²) in [6.45, 7) is 0.688. The molecule has 0 bridgehead atoms. The number of piperidine rings is 1. The van der Waals surface area contributed by atoms with E-state index >= 15 is 0 Å². The molecule has 30 heavy (non-hydrogen) atoms. The van der Waals surface area contributed by atoms with Crippen molar-refractivity contribution in [2.75, 3.05) is 19.6 Å². The lowest BCUT2D eigenvalue weighted by molar-refractivity contribution is -0.132. The summed E-state index contributed by atoms with van der Waals surface area (Å²) in [5.74, 6) is -0.682. The highest BCUT2D eigenvalue weighted by Gasteiger charge is 2.36. The fourth-order valence-electron chi connectivity index (χ4n) is 3.98. The average molecular weight is 430 g/mol. The van der Waals surface area contributed by atoms with Crippen LogP contribution in [0.3, 0.4) is 0 Å². The van der Waals surface area contributed by atoms with E-state index < -0.39 is 15.1 Å². The van der Waals surface area contributed by atoms with Crippen molar-refractivity contribution in [3.05, 3.63) is 59.5 Å². The van der Waals surface area contributed by atoms with Crippen LogP contribution in [0.1, 0.15) is 45.7 Å². The Balaban J connectivity index is 1.29. The van der Waals surface area contributed by atoms with Gasteiger partial charge in [0.05, 0.1) is 22.6 Å². The van der Waals surface area contributed by atoms with E-state index in [9.17, 15) is 22.8 Å². The van der Waals surface area contributed by atoms with Crippen molar-refractivity contribution < 1.29 is 27.2 Å². The van der Waals surface area contributed by atoms with E-state index in [-0.39, 0.29) is 36.4 Å². The maximum atomic E-state index is 12.6. The maximum absolute atomic E-state index is 12.6. The number of amides is 3. The number of sulfone groups is 1. The minimum absolute atomic E-state index is 0.0158. The van der Waals surface area contributed by atoms with E-state index in [1.807, 2.05) is 0 Å². The molecule has 1 aromatic heterocycles. The Morgan fingerprint density at radius 2 is 1.63 bits per heavy atom. The number of likely N-dealkylation sites (tertiary alicyclic amines) is 1. The highest BCUT2D eigenvalue weighted by Crippen LogP contribution is 2.24. The first-order valence-electron chi connectivity index (χ1n) is 9.84. The Morgan fingerprint density at radius 3 is 2.20 bits per heavy atom. The molecule has 0 spiro atoms. The summed E-state index contributed by atoms with van der Waals surface area (Å²) >= 11 is 0. The topological polar surface area (TPSA) is 105 Å².